The van der Waals surface area contributed by atoms with Crippen molar-refractivity contribution in [2.24, 2.45) is 0 Å². The molecule has 0 aromatic rings. The number of rotatable bonds is 0. The predicted molar refractivity (Wildman–Crippen MR) is 42.4 cm³/mol. The van der Waals surface area contributed by atoms with Crippen LogP contribution in [0.2, 0.25) is 0 Å². The van der Waals surface area contributed by atoms with Crippen LogP contribution in [0, 0.1) is 0 Å². The maximum absolute atomic E-state index is 10.9. The van der Waals surface area contributed by atoms with Crippen LogP contribution in [0.5, 0.6) is 0 Å². The first kappa shape index (κ1) is 7.80. The molecule has 1 spiro atoms. The van der Waals surface area contributed by atoms with Crippen molar-refractivity contribution in [1.82, 2.24) is 0 Å². The second-order valence-electron chi connectivity index (χ2n) is 3.50. The van der Waals surface area contributed by atoms with Gasteiger partial charge in [-0.05, 0) is 31.8 Å². The molecule has 1 aliphatic carbocycles. The summed E-state index contributed by atoms with van der Waals surface area (Å²) in [4.78, 5) is 10.9. The summed E-state index contributed by atoms with van der Waals surface area (Å²) in [6, 6.07) is 0. The highest BCUT2D eigenvalue weighted by Gasteiger charge is 2.44. The zero-order valence-corrected chi connectivity index (χ0v) is 6.82. The number of esters is 1. The van der Waals surface area contributed by atoms with Crippen LogP contribution in [-0.2, 0) is 9.53 Å². The molecule has 1 saturated carbocycles. The molecule has 2 aliphatic rings. The minimum atomic E-state index is -0.599. The number of carbonyl (C=O) groups excluding carboxylic acids is 1. The summed E-state index contributed by atoms with van der Waals surface area (Å²) in [6.45, 7) is 0. The van der Waals surface area contributed by atoms with Crippen molar-refractivity contribution < 1.29 is 14.6 Å². The summed E-state index contributed by atoms with van der Waals surface area (Å²) < 4.78 is 5.17. The molecule has 0 aromatic carbocycles. The fraction of sp³-hybridized carbons (Fsp3) is 0.667. The SMILES string of the molecule is O=C1C=CC(O)C2(CCCC2)O1. The third kappa shape index (κ3) is 1.05. The van der Waals surface area contributed by atoms with E-state index in [0.717, 1.165) is 25.7 Å². The number of carbonyl (C=O) groups is 1. The van der Waals surface area contributed by atoms with E-state index in [0.29, 0.717) is 0 Å². The van der Waals surface area contributed by atoms with E-state index in [1.54, 1.807) is 0 Å². The Morgan fingerprint density at radius 3 is 2.83 bits per heavy atom. The zero-order valence-electron chi connectivity index (χ0n) is 6.82. The molecule has 1 unspecified atom stereocenters. The van der Waals surface area contributed by atoms with Gasteiger partial charge in [0.05, 0.1) is 0 Å². The summed E-state index contributed by atoms with van der Waals surface area (Å²) in [7, 11) is 0. The molecule has 3 heteroatoms. The molecule has 1 heterocycles. The lowest BCUT2D eigenvalue weighted by Crippen LogP contribution is -2.45. The topological polar surface area (TPSA) is 46.5 Å². The maximum Gasteiger partial charge on any atom is 0.331 e. The highest BCUT2D eigenvalue weighted by Crippen LogP contribution is 2.38. The molecule has 3 nitrogen and oxygen atoms in total. The maximum atomic E-state index is 10.9. The van der Waals surface area contributed by atoms with Crippen molar-refractivity contribution in [2.45, 2.75) is 37.4 Å². The van der Waals surface area contributed by atoms with E-state index in [-0.39, 0.29) is 5.97 Å². The lowest BCUT2D eigenvalue weighted by Gasteiger charge is -2.34. The predicted octanol–water partition coefficient (Wildman–Crippen LogP) is 0.773. The number of aliphatic hydroxyl groups is 1. The van der Waals surface area contributed by atoms with Crippen molar-refractivity contribution in [1.29, 1.82) is 0 Å². The fourth-order valence-electron chi connectivity index (χ4n) is 2.01. The Kier molecular flexibility index (Phi) is 1.68. The molecule has 2 rings (SSSR count). The molecule has 0 aromatic heterocycles. The van der Waals surface area contributed by atoms with E-state index in [9.17, 15) is 9.90 Å². The van der Waals surface area contributed by atoms with E-state index in [4.69, 9.17) is 4.74 Å². The Morgan fingerprint density at radius 1 is 1.50 bits per heavy atom. The first-order valence-corrected chi connectivity index (χ1v) is 4.32. The Hall–Kier alpha value is -0.830. The van der Waals surface area contributed by atoms with Crippen LogP contribution in [0.1, 0.15) is 25.7 Å². The van der Waals surface area contributed by atoms with Gasteiger partial charge in [0.2, 0.25) is 0 Å². The Morgan fingerprint density at radius 2 is 2.17 bits per heavy atom. The zero-order chi connectivity index (χ0) is 8.60. The van der Waals surface area contributed by atoms with Gasteiger partial charge in [0.15, 0.2) is 0 Å². The average Bonchev–Trinajstić information content (AvgIpc) is 2.48. The molecule has 12 heavy (non-hydrogen) atoms. The van der Waals surface area contributed by atoms with Crippen LogP contribution in [0.25, 0.3) is 0 Å². The molecule has 66 valence electrons. The lowest BCUT2D eigenvalue weighted by molar-refractivity contribution is -0.166. The third-order valence-corrected chi connectivity index (χ3v) is 2.71. The highest BCUT2D eigenvalue weighted by atomic mass is 16.6. The first-order chi connectivity index (χ1) is 5.73. The molecule has 1 N–H and O–H groups in total. The van der Waals surface area contributed by atoms with Crippen LogP contribution in [-0.4, -0.2) is 22.8 Å². The molecule has 1 aliphatic heterocycles. The van der Waals surface area contributed by atoms with Crippen LogP contribution < -0.4 is 0 Å². The van der Waals surface area contributed by atoms with Gasteiger partial charge in [-0.15, -0.1) is 0 Å². The van der Waals surface area contributed by atoms with Crippen LogP contribution in [0.15, 0.2) is 12.2 Å². The average molecular weight is 168 g/mol. The molecule has 0 bridgehead atoms. The van der Waals surface area contributed by atoms with Gasteiger partial charge < -0.3 is 9.84 Å². The van der Waals surface area contributed by atoms with Gasteiger partial charge in [-0.2, -0.15) is 0 Å². The molecular weight excluding hydrogens is 156 g/mol. The van der Waals surface area contributed by atoms with Gasteiger partial charge >= 0.3 is 5.97 Å². The fourth-order valence-corrected chi connectivity index (χ4v) is 2.01. The number of ether oxygens (including phenoxy) is 1. The Labute approximate surface area is 71.0 Å². The van der Waals surface area contributed by atoms with E-state index in [1.165, 1.54) is 12.2 Å². The van der Waals surface area contributed by atoms with Gasteiger partial charge in [0.25, 0.3) is 0 Å². The summed E-state index contributed by atoms with van der Waals surface area (Å²) in [5, 5.41) is 9.61. The van der Waals surface area contributed by atoms with E-state index in [1.807, 2.05) is 0 Å². The van der Waals surface area contributed by atoms with Crippen LogP contribution >= 0.6 is 0 Å². The number of hydrogen-bond donors (Lipinski definition) is 1. The molecule has 1 atom stereocenters. The van der Waals surface area contributed by atoms with Crippen molar-refractivity contribution in [3.8, 4) is 0 Å². The van der Waals surface area contributed by atoms with Crippen LogP contribution in [0.4, 0.5) is 0 Å². The van der Waals surface area contributed by atoms with Gasteiger partial charge in [0.1, 0.15) is 11.7 Å². The third-order valence-electron chi connectivity index (χ3n) is 2.71. The lowest BCUT2D eigenvalue weighted by atomic mass is 9.92. The first-order valence-electron chi connectivity index (χ1n) is 4.32. The monoisotopic (exact) mass is 168 g/mol. The number of aliphatic hydroxyl groups excluding tert-OH is 1. The van der Waals surface area contributed by atoms with Crippen molar-refractivity contribution in [3.05, 3.63) is 12.2 Å². The van der Waals surface area contributed by atoms with Crippen LogP contribution in [0.3, 0.4) is 0 Å². The minimum Gasteiger partial charge on any atom is -0.453 e. The van der Waals surface area contributed by atoms with Crippen molar-refractivity contribution in [2.75, 3.05) is 0 Å². The van der Waals surface area contributed by atoms with Crippen molar-refractivity contribution >= 4 is 5.97 Å². The molecule has 0 amide bonds. The van der Waals surface area contributed by atoms with Crippen molar-refractivity contribution in [3.63, 3.8) is 0 Å². The molecular formula is C9H12O3. The minimum absolute atomic E-state index is 0.317. The van der Waals surface area contributed by atoms with Gasteiger partial charge in [-0.1, -0.05) is 0 Å². The Balaban J connectivity index is 2.24. The quantitative estimate of drug-likeness (QED) is 0.543. The molecule has 0 radical (unpaired) electrons. The van der Waals surface area contributed by atoms with E-state index in [2.05, 4.69) is 0 Å². The van der Waals surface area contributed by atoms with Gasteiger partial charge in [0, 0.05) is 6.08 Å². The second kappa shape index (κ2) is 2.59. The Bertz CT molecular complexity index is 226. The normalized spacial score (nSPS) is 32.4. The van der Waals surface area contributed by atoms with E-state index < -0.39 is 11.7 Å². The summed E-state index contributed by atoms with van der Waals surface area (Å²) in [6.07, 6.45) is 5.91. The molecule has 0 saturated heterocycles. The van der Waals surface area contributed by atoms with Gasteiger partial charge in [-0.3, -0.25) is 0 Å². The summed E-state index contributed by atoms with van der Waals surface area (Å²) in [5.41, 5.74) is -0.578. The number of hydrogen-bond acceptors (Lipinski definition) is 3. The van der Waals surface area contributed by atoms with Gasteiger partial charge in [-0.25, -0.2) is 4.79 Å². The smallest absolute Gasteiger partial charge is 0.331 e. The molecule has 1 fully saturated rings. The summed E-state index contributed by atoms with van der Waals surface area (Å²) in [5.74, 6) is -0.317. The standard InChI is InChI=1S/C9H12O3/c10-7-3-4-8(11)12-9(7)5-1-2-6-9/h3-4,7,10H,1-2,5-6H2. The largest absolute Gasteiger partial charge is 0.453 e. The van der Waals surface area contributed by atoms with E-state index >= 15 is 0 Å². The second-order valence-corrected chi connectivity index (χ2v) is 3.50. The summed E-state index contributed by atoms with van der Waals surface area (Å²) >= 11 is 0. The highest BCUT2D eigenvalue weighted by molar-refractivity contribution is 5.83.